The number of aromatic nitrogens is 1. The summed E-state index contributed by atoms with van der Waals surface area (Å²) in [6.45, 7) is 7.67. The number of piperidine rings is 1. The lowest BCUT2D eigenvalue weighted by Gasteiger charge is -2.27. The summed E-state index contributed by atoms with van der Waals surface area (Å²) >= 11 is 0. The van der Waals surface area contributed by atoms with Gasteiger partial charge < -0.3 is 15.0 Å². The van der Waals surface area contributed by atoms with Gasteiger partial charge in [0.15, 0.2) is 0 Å². The van der Waals surface area contributed by atoms with Crippen molar-refractivity contribution in [1.82, 2.24) is 14.8 Å². The fourth-order valence-corrected chi connectivity index (χ4v) is 5.45. The van der Waals surface area contributed by atoms with Gasteiger partial charge in [0.2, 0.25) is 0 Å². The van der Waals surface area contributed by atoms with Crippen LogP contribution in [-0.4, -0.2) is 40.1 Å². The van der Waals surface area contributed by atoms with Crippen molar-refractivity contribution in [3.8, 4) is 11.4 Å². The molecule has 1 fully saturated rings. The van der Waals surface area contributed by atoms with Gasteiger partial charge in [0, 0.05) is 35.4 Å². The lowest BCUT2D eigenvalue weighted by molar-refractivity contribution is 0.0953. The molecule has 2 heterocycles. The highest BCUT2D eigenvalue weighted by molar-refractivity contribution is 6.10. The smallest absolute Gasteiger partial charge is 0.253 e. The van der Waals surface area contributed by atoms with Crippen LogP contribution >= 0.6 is 12.4 Å². The van der Waals surface area contributed by atoms with E-state index < -0.39 is 0 Å². The molecule has 0 aliphatic carbocycles. The number of nitrogens with one attached hydrogen (secondary N) is 1. The average molecular weight is 512 g/mol. The molecule has 196 valence electrons. The fraction of sp³-hybridized carbons (Fsp3) is 0.500. The monoisotopic (exact) mass is 511 g/mol. The fourth-order valence-electron chi connectivity index (χ4n) is 5.45. The second-order valence-electron chi connectivity index (χ2n) is 9.95. The number of aromatic hydroxyl groups is 1. The van der Waals surface area contributed by atoms with E-state index in [4.69, 9.17) is 0 Å². The molecule has 1 aliphatic rings. The maximum Gasteiger partial charge on any atom is 0.253 e. The second-order valence-corrected chi connectivity index (χ2v) is 9.95. The molecular formula is C30H42ClN3O2. The minimum absolute atomic E-state index is 0. The maximum atomic E-state index is 13.6. The number of rotatable bonds is 11. The van der Waals surface area contributed by atoms with Crippen LogP contribution in [-0.2, 0) is 6.54 Å². The number of phenolic OH excluding ortho intramolecular Hbond substituents is 1. The second kappa shape index (κ2) is 13.7. The zero-order chi connectivity index (χ0) is 24.6. The van der Waals surface area contributed by atoms with Crippen LogP contribution in [0.3, 0.4) is 0 Å². The molecule has 3 aromatic rings. The van der Waals surface area contributed by atoms with E-state index in [1.165, 1.54) is 44.9 Å². The molecule has 6 heteroatoms. The van der Waals surface area contributed by atoms with E-state index in [2.05, 4.69) is 33.8 Å². The molecule has 0 radical (unpaired) electrons. The summed E-state index contributed by atoms with van der Waals surface area (Å²) in [5.41, 5.74) is 4.48. The van der Waals surface area contributed by atoms with Crippen LogP contribution in [0.1, 0.15) is 86.3 Å². The van der Waals surface area contributed by atoms with Crippen LogP contribution in [0.25, 0.3) is 16.6 Å². The van der Waals surface area contributed by atoms with Crippen LogP contribution < -0.4 is 5.32 Å². The molecule has 2 aromatic carbocycles. The van der Waals surface area contributed by atoms with Crippen molar-refractivity contribution < 1.29 is 9.90 Å². The highest BCUT2D eigenvalue weighted by Crippen LogP contribution is 2.37. The van der Waals surface area contributed by atoms with Crippen molar-refractivity contribution in [2.75, 3.05) is 19.6 Å². The number of carbonyl (C=O) groups is 1. The van der Waals surface area contributed by atoms with Gasteiger partial charge in [-0.1, -0.05) is 63.6 Å². The molecule has 1 aromatic heterocycles. The number of nitrogens with zero attached hydrogens (tertiary/aromatic N) is 2. The van der Waals surface area contributed by atoms with Crippen molar-refractivity contribution in [2.24, 2.45) is 0 Å². The number of halogens is 1. The molecule has 2 N–H and O–H groups in total. The summed E-state index contributed by atoms with van der Waals surface area (Å²) in [6, 6.07) is 13.9. The highest BCUT2D eigenvalue weighted by Gasteiger charge is 2.26. The molecule has 4 rings (SSSR count). The third-order valence-corrected chi connectivity index (χ3v) is 7.34. The predicted octanol–water partition coefficient (Wildman–Crippen LogP) is 7.14. The lowest BCUT2D eigenvalue weighted by atomic mass is 10.0. The van der Waals surface area contributed by atoms with Gasteiger partial charge in [-0.2, -0.15) is 0 Å². The van der Waals surface area contributed by atoms with Crippen LogP contribution in [0.2, 0.25) is 0 Å². The van der Waals surface area contributed by atoms with Crippen molar-refractivity contribution in [1.29, 1.82) is 0 Å². The minimum Gasteiger partial charge on any atom is -0.508 e. The Morgan fingerprint density at radius 1 is 0.944 bits per heavy atom. The van der Waals surface area contributed by atoms with Crippen LogP contribution in [0, 0.1) is 6.92 Å². The van der Waals surface area contributed by atoms with Gasteiger partial charge >= 0.3 is 0 Å². The first-order valence-corrected chi connectivity index (χ1v) is 13.5. The zero-order valence-corrected chi connectivity index (χ0v) is 22.7. The first-order chi connectivity index (χ1) is 17.1. The number of para-hydroxylation sites is 1. The summed E-state index contributed by atoms with van der Waals surface area (Å²) < 4.78 is 2.16. The number of benzene rings is 2. The van der Waals surface area contributed by atoms with E-state index in [0.29, 0.717) is 18.7 Å². The van der Waals surface area contributed by atoms with Gasteiger partial charge in [-0.05, 0) is 63.5 Å². The number of likely N-dealkylation sites (tertiary alicyclic amines) is 1. The number of unbranched alkanes of at least 4 members (excludes halogenated alkanes) is 5. The Balaban J connectivity index is 0.00000361. The molecule has 0 spiro atoms. The number of amides is 1. The van der Waals surface area contributed by atoms with Gasteiger partial charge in [-0.3, -0.25) is 9.69 Å². The maximum absolute atomic E-state index is 13.6. The van der Waals surface area contributed by atoms with Gasteiger partial charge in [0.25, 0.3) is 5.91 Å². The molecule has 0 unspecified atom stereocenters. The number of fused-ring (bicyclic) bond motifs is 1. The first-order valence-electron chi connectivity index (χ1n) is 13.5. The molecule has 0 saturated carbocycles. The van der Waals surface area contributed by atoms with Crippen molar-refractivity contribution in [3.05, 3.63) is 59.3 Å². The van der Waals surface area contributed by atoms with Gasteiger partial charge in [-0.25, -0.2) is 0 Å². The number of hydrogen-bond acceptors (Lipinski definition) is 3. The summed E-state index contributed by atoms with van der Waals surface area (Å²) in [6.07, 6.45) is 10.8. The SMILES string of the molecule is CCCCCCCCNC(=O)c1c(C)n(-c2ccccc2)c2ccc(O)c(CN3CCCCC3)c12.Cl. The van der Waals surface area contributed by atoms with E-state index in [1.54, 1.807) is 6.07 Å². The molecule has 0 atom stereocenters. The van der Waals surface area contributed by atoms with Crippen molar-refractivity contribution in [2.45, 2.75) is 78.2 Å². The summed E-state index contributed by atoms with van der Waals surface area (Å²) in [7, 11) is 0. The predicted molar refractivity (Wildman–Crippen MR) is 152 cm³/mol. The lowest BCUT2D eigenvalue weighted by Crippen LogP contribution is -2.29. The molecule has 1 amide bonds. The third-order valence-electron chi connectivity index (χ3n) is 7.34. The molecule has 1 saturated heterocycles. The number of phenols is 1. The van der Waals surface area contributed by atoms with E-state index >= 15 is 0 Å². The van der Waals surface area contributed by atoms with E-state index in [1.807, 2.05) is 31.2 Å². The van der Waals surface area contributed by atoms with E-state index in [9.17, 15) is 9.90 Å². The quantitative estimate of drug-likeness (QED) is 0.269. The normalized spacial score (nSPS) is 14.1. The van der Waals surface area contributed by atoms with Gasteiger partial charge in [-0.15, -0.1) is 12.4 Å². The Labute approximate surface area is 222 Å². The molecule has 0 bridgehead atoms. The minimum atomic E-state index is -0.0405. The Morgan fingerprint density at radius 3 is 2.36 bits per heavy atom. The number of hydrogen-bond donors (Lipinski definition) is 2. The Morgan fingerprint density at radius 2 is 1.64 bits per heavy atom. The van der Waals surface area contributed by atoms with Crippen LogP contribution in [0.15, 0.2) is 42.5 Å². The standard InChI is InChI=1S/C30H41N3O2.ClH/c1-3-4-5-6-7-12-19-31-30(35)28-23(2)33(24-15-10-8-11-16-24)26-17-18-27(34)25(29(26)28)22-32-20-13-9-14-21-32;/h8,10-11,15-18,34H,3-7,9,12-14,19-22H2,1-2H3,(H,31,35);1H. The average Bonchev–Trinajstić information content (AvgIpc) is 3.18. The molecule has 5 nitrogen and oxygen atoms in total. The Hall–Kier alpha value is -2.50. The third kappa shape index (κ3) is 6.43. The molecule has 1 aliphatic heterocycles. The Kier molecular flexibility index (Phi) is 10.7. The zero-order valence-electron chi connectivity index (χ0n) is 21.9. The highest BCUT2D eigenvalue weighted by atomic mass is 35.5. The summed E-state index contributed by atoms with van der Waals surface area (Å²) in [4.78, 5) is 16.0. The topological polar surface area (TPSA) is 57.5 Å². The van der Waals surface area contributed by atoms with Gasteiger partial charge in [0.1, 0.15) is 5.75 Å². The van der Waals surface area contributed by atoms with Crippen molar-refractivity contribution in [3.63, 3.8) is 0 Å². The molecule has 36 heavy (non-hydrogen) atoms. The Bertz CT molecular complexity index is 1120. The van der Waals surface area contributed by atoms with E-state index in [0.717, 1.165) is 53.8 Å². The van der Waals surface area contributed by atoms with Crippen molar-refractivity contribution >= 4 is 29.2 Å². The molecular weight excluding hydrogens is 470 g/mol. The van der Waals surface area contributed by atoms with Gasteiger partial charge in [0.05, 0.1) is 11.1 Å². The van der Waals surface area contributed by atoms with E-state index in [-0.39, 0.29) is 24.1 Å². The first kappa shape index (κ1) is 28.1. The largest absolute Gasteiger partial charge is 0.508 e. The summed E-state index contributed by atoms with van der Waals surface area (Å²) in [5.74, 6) is 0.236. The van der Waals surface area contributed by atoms with Crippen LogP contribution in [0.5, 0.6) is 5.75 Å². The van der Waals surface area contributed by atoms with Crippen LogP contribution in [0.4, 0.5) is 0 Å². The number of carbonyl (C=O) groups excluding carboxylic acids is 1. The summed E-state index contributed by atoms with van der Waals surface area (Å²) in [5, 5.41) is 15.0.